The molecule has 3 aromatic rings. The Labute approximate surface area is 144 Å². The molecule has 0 aliphatic carbocycles. The Morgan fingerprint density at radius 3 is 2.76 bits per heavy atom. The molecule has 0 fully saturated rings. The minimum absolute atomic E-state index is 0.202. The molecule has 0 aliphatic rings. The zero-order valence-corrected chi connectivity index (χ0v) is 14.3. The number of nitrogen functional groups attached to an aromatic ring is 1. The second kappa shape index (κ2) is 6.36. The van der Waals surface area contributed by atoms with E-state index in [1.54, 1.807) is 6.07 Å². The van der Waals surface area contributed by atoms with Crippen LogP contribution < -0.4 is 11.1 Å². The summed E-state index contributed by atoms with van der Waals surface area (Å²) in [5.41, 5.74) is 9.72. The van der Waals surface area contributed by atoms with Gasteiger partial charge in [-0.1, -0.05) is 0 Å². The fourth-order valence-electron chi connectivity index (χ4n) is 2.57. The zero-order valence-electron chi connectivity index (χ0n) is 14.3. The van der Waals surface area contributed by atoms with Crippen molar-refractivity contribution in [2.45, 2.75) is 27.2 Å². The van der Waals surface area contributed by atoms with E-state index in [-0.39, 0.29) is 17.3 Å². The Balaban J connectivity index is 1.89. The summed E-state index contributed by atoms with van der Waals surface area (Å²) in [6.07, 6.45) is 0.370. The maximum atomic E-state index is 13.8. The number of pyridine rings is 1. The summed E-state index contributed by atoms with van der Waals surface area (Å²) in [4.78, 5) is 12.1. The fourth-order valence-corrected chi connectivity index (χ4v) is 2.57. The normalized spacial score (nSPS) is 10.8. The van der Waals surface area contributed by atoms with Crippen molar-refractivity contribution in [1.29, 1.82) is 0 Å². The molecule has 25 heavy (non-hydrogen) atoms. The van der Waals surface area contributed by atoms with Crippen molar-refractivity contribution in [3.05, 3.63) is 52.0 Å². The number of rotatable bonds is 4. The van der Waals surface area contributed by atoms with Gasteiger partial charge in [-0.15, -0.1) is 0 Å². The van der Waals surface area contributed by atoms with Crippen LogP contribution in [0.2, 0.25) is 0 Å². The summed E-state index contributed by atoms with van der Waals surface area (Å²) >= 11 is 0. The molecule has 0 atom stereocenters. The highest BCUT2D eigenvalue weighted by Gasteiger charge is 2.17. The first-order valence-corrected chi connectivity index (χ1v) is 7.81. The Morgan fingerprint density at radius 2 is 2.04 bits per heavy atom. The number of aryl methyl sites for hydroxylation is 3. The van der Waals surface area contributed by atoms with Gasteiger partial charge in [-0.2, -0.15) is 5.10 Å². The highest BCUT2D eigenvalue weighted by Crippen LogP contribution is 2.32. The lowest BCUT2D eigenvalue weighted by Crippen LogP contribution is -2.11. The maximum Gasteiger partial charge on any atom is 0.268 e. The van der Waals surface area contributed by atoms with Crippen LogP contribution in [0.4, 0.5) is 21.7 Å². The molecule has 0 unspecified atom stereocenters. The molecule has 0 spiro atoms. The number of anilines is 2. The Hall–Kier alpha value is -3.21. The summed E-state index contributed by atoms with van der Waals surface area (Å²) in [6.45, 7) is 13.3. The third-order valence-electron chi connectivity index (χ3n) is 4.07. The number of fused-ring (bicyclic) bond motifs is 1. The van der Waals surface area contributed by atoms with Gasteiger partial charge < -0.3 is 11.1 Å². The van der Waals surface area contributed by atoms with Crippen molar-refractivity contribution in [3.8, 4) is 0 Å². The number of hydrogen-bond acceptors (Lipinski definition) is 5. The van der Waals surface area contributed by atoms with Crippen molar-refractivity contribution in [2.75, 3.05) is 17.6 Å². The van der Waals surface area contributed by atoms with E-state index in [1.165, 1.54) is 10.6 Å². The zero-order chi connectivity index (χ0) is 18.1. The highest BCUT2D eigenvalue weighted by molar-refractivity contribution is 5.80. The molecule has 7 nitrogen and oxygen atoms in total. The summed E-state index contributed by atoms with van der Waals surface area (Å²) in [7, 11) is 0. The monoisotopic (exact) mass is 339 g/mol. The molecule has 0 bridgehead atoms. The molecule has 0 radical (unpaired) electrons. The van der Waals surface area contributed by atoms with Crippen LogP contribution in [0.15, 0.2) is 12.1 Å². The molecule has 0 aromatic carbocycles. The van der Waals surface area contributed by atoms with Crippen molar-refractivity contribution >= 4 is 23.0 Å². The Kier molecular flexibility index (Phi) is 4.23. The molecule has 3 N–H and O–H groups in total. The van der Waals surface area contributed by atoms with E-state index in [0.717, 1.165) is 17.0 Å². The molecular formula is C17H18FN7. The van der Waals surface area contributed by atoms with E-state index in [0.29, 0.717) is 30.1 Å². The third kappa shape index (κ3) is 2.96. The van der Waals surface area contributed by atoms with Crippen LogP contribution in [0.5, 0.6) is 0 Å². The molecule has 3 aromatic heterocycles. The van der Waals surface area contributed by atoms with E-state index in [4.69, 9.17) is 12.3 Å². The summed E-state index contributed by atoms with van der Waals surface area (Å²) < 4.78 is 15.3. The number of nitrogens with two attached hydrogens (primary N) is 1. The molecule has 3 rings (SSSR count). The van der Waals surface area contributed by atoms with Crippen LogP contribution in [0, 0.1) is 33.2 Å². The van der Waals surface area contributed by atoms with E-state index in [1.807, 2.05) is 20.8 Å². The van der Waals surface area contributed by atoms with Crippen molar-refractivity contribution in [1.82, 2.24) is 19.6 Å². The van der Waals surface area contributed by atoms with Crippen molar-refractivity contribution in [2.24, 2.45) is 0 Å². The summed E-state index contributed by atoms with van der Waals surface area (Å²) in [5, 5.41) is 7.39. The number of nitrogens with one attached hydrogen (secondary N) is 1. The number of aromatic nitrogens is 4. The number of hydrogen-bond donors (Lipinski definition) is 2. The predicted octanol–water partition coefficient (Wildman–Crippen LogP) is 2.98. The Bertz CT molecular complexity index is 1000. The summed E-state index contributed by atoms with van der Waals surface area (Å²) in [5.74, 6) is 0.262. The van der Waals surface area contributed by atoms with E-state index in [2.05, 4.69) is 25.2 Å². The largest absolute Gasteiger partial charge is 0.392 e. The van der Waals surface area contributed by atoms with Crippen LogP contribution in [0.1, 0.15) is 22.6 Å². The second-order valence-electron chi connectivity index (χ2n) is 5.81. The molecule has 128 valence electrons. The molecule has 8 heteroatoms. The minimum Gasteiger partial charge on any atom is -0.392 e. The molecule has 0 saturated carbocycles. The van der Waals surface area contributed by atoms with Gasteiger partial charge in [0.15, 0.2) is 5.65 Å². The first-order chi connectivity index (χ1) is 11.9. The molecular weight excluding hydrogens is 321 g/mol. The lowest BCUT2D eigenvalue weighted by Gasteiger charge is -2.11. The second-order valence-corrected chi connectivity index (χ2v) is 5.81. The van der Waals surface area contributed by atoms with Gasteiger partial charge in [0.1, 0.15) is 17.5 Å². The number of halogens is 1. The standard InChI is InChI=1S/C17H18FN7/c1-9-5-6-12(18)13(22-9)7-8-21-16-14(20-4)15(19)25-17(23-16)10(2)11(3)24-25/h5-6H,7-8,19H2,1-3H3,(H,21,23). The van der Waals surface area contributed by atoms with E-state index >= 15 is 0 Å². The van der Waals surface area contributed by atoms with Gasteiger partial charge in [-0.3, -0.25) is 4.98 Å². The smallest absolute Gasteiger partial charge is 0.268 e. The van der Waals surface area contributed by atoms with Crippen molar-refractivity contribution in [3.63, 3.8) is 0 Å². The molecule has 0 amide bonds. The molecule has 0 saturated heterocycles. The van der Waals surface area contributed by atoms with Gasteiger partial charge in [-0.05, 0) is 32.9 Å². The fraction of sp³-hybridized carbons (Fsp3) is 0.294. The van der Waals surface area contributed by atoms with Crippen LogP contribution >= 0.6 is 0 Å². The quantitative estimate of drug-likeness (QED) is 0.714. The van der Waals surface area contributed by atoms with Gasteiger partial charge in [0.25, 0.3) is 5.69 Å². The van der Waals surface area contributed by atoms with Gasteiger partial charge in [0, 0.05) is 24.2 Å². The third-order valence-corrected chi connectivity index (χ3v) is 4.07. The maximum absolute atomic E-state index is 13.8. The van der Waals surface area contributed by atoms with Gasteiger partial charge in [-0.25, -0.2) is 18.7 Å². The lowest BCUT2D eigenvalue weighted by molar-refractivity contribution is 0.598. The first kappa shape index (κ1) is 16.6. The first-order valence-electron chi connectivity index (χ1n) is 7.81. The average Bonchev–Trinajstić information content (AvgIpc) is 2.87. The van der Waals surface area contributed by atoms with Crippen LogP contribution in [-0.2, 0) is 6.42 Å². The van der Waals surface area contributed by atoms with Crippen LogP contribution in [-0.4, -0.2) is 26.1 Å². The van der Waals surface area contributed by atoms with Crippen LogP contribution in [0.25, 0.3) is 10.5 Å². The Morgan fingerprint density at radius 1 is 1.28 bits per heavy atom. The topological polar surface area (TPSA) is 85.5 Å². The van der Waals surface area contributed by atoms with Crippen LogP contribution in [0.3, 0.4) is 0 Å². The average molecular weight is 339 g/mol. The molecule has 3 heterocycles. The van der Waals surface area contributed by atoms with E-state index in [9.17, 15) is 4.39 Å². The minimum atomic E-state index is -0.344. The summed E-state index contributed by atoms with van der Waals surface area (Å²) in [6, 6.07) is 3.03. The van der Waals surface area contributed by atoms with Gasteiger partial charge >= 0.3 is 0 Å². The van der Waals surface area contributed by atoms with Crippen molar-refractivity contribution < 1.29 is 4.39 Å². The SMILES string of the molecule is [C-]#[N+]c1c(NCCc2nc(C)ccc2F)nc2c(C)c(C)nn2c1N. The van der Waals surface area contributed by atoms with Gasteiger partial charge in [0.2, 0.25) is 0 Å². The highest BCUT2D eigenvalue weighted by atomic mass is 19.1. The lowest BCUT2D eigenvalue weighted by atomic mass is 10.2. The number of nitrogens with zero attached hydrogens (tertiary/aromatic N) is 5. The van der Waals surface area contributed by atoms with E-state index < -0.39 is 0 Å². The van der Waals surface area contributed by atoms with Gasteiger partial charge in [0.05, 0.1) is 18.0 Å². The predicted molar refractivity (Wildman–Crippen MR) is 94.3 cm³/mol. The molecule has 0 aliphatic heterocycles.